The lowest BCUT2D eigenvalue weighted by Crippen LogP contribution is -2.31. The summed E-state index contributed by atoms with van der Waals surface area (Å²) in [6.07, 6.45) is -1.00. The summed E-state index contributed by atoms with van der Waals surface area (Å²) in [4.78, 5) is 8.90. The fourth-order valence-electron chi connectivity index (χ4n) is 2.65. The maximum absolute atomic E-state index is 10.6. The lowest BCUT2D eigenvalue weighted by molar-refractivity contribution is -0.192. The highest BCUT2D eigenvalue weighted by Crippen LogP contribution is 2.33. The summed E-state index contributed by atoms with van der Waals surface area (Å²) in [6.45, 7) is 3.21. The van der Waals surface area contributed by atoms with E-state index in [0.29, 0.717) is 12.0 Å². The Kier molecular flexibility index (Phi) is 5.28. The van der Waals surface area contributed by atoms with Crippen molar-refractivity contribution in [2.45, 2.75) is 25.1 Å². The number of fused-ring (bicyclic) bond motifs is 1. The summed E-state index contributed by atoms with van der Waals surface area (Å²) in [7, 11) is 1.97. The molecule has 0 spiro atoms. The lowest BCUT2D eigenvalue weighted by atomic mass is 9.84. The van der Waals surface area contributed by atoms with Gasteiger partial charge in [-0.15, -0.1) is 0 Å². The van der Waals surface area contributed by atoms with Crippen LogP contribution in [0.25, 0.3) is 0 Å². The van der Waals surface area contributed by atoms with Crippen molar-refractivity contribution in [1.29, 1.82) is 0 Å². The first-order chi connectivity index (χ1) is 11.2. The molecule has 0 saturated carbocycles. The number of benzene rings is 1. The Morgan fingerprint density at radius 2 is 1.92 bits per heavy atom. The minimum atomic E-state index is -5.08. The number of aromatic nitrogens is 2. The Morgan fingerprint density at radius 3 is 2.42 bits per heavy atom. The second-order valence-corrected chi connectivity index (χ2v) is 5.56. The van der Waals surface area contributed by atoms with Crippen molar-refractivity contribution in [3.8, 4) is 0 Å². The largest absolute Gasteiger partial charge is 0.490 e. The second-order valence-electron chi connectivity index (χ2n) is 5.56. The number of hydrogen-bond acceptors (Lipinski definition) is 3. The molecular formula is C16H18F3N3O2. The molecule has 8 heteroatoms. The molecule has 2 unspecified atom stereocenters. The van der Waals surface area contributed by atoms with Gasteiger partial charge in [0, 0.05) is 31.7 Å². The normalized spacial score (nSPS) is 19.9. The molecule has 5 nitrogen and oxygen atoms in total. The highest BCUT2D eigenvalue weighted by Gasteiger charge is 2.38. The molecule has 0 saturated heterocycles. The predicted octanol–water partition coefficient (Wildman–Crippen LogP) is 2.85. The molecule has 0 aliphatic carbocycles. The molecule has 0 fully saturated rings. The van der Waals surface area contributed by atoms with Gasteiger partial charge in [-0.05, 0) is 23.6 Å². The zero-order chi connectivity index (χ0) is 17.9. The first-order valence-electron chi connectivity index (χ1n) is 7.31. The van der Waals surface area contributed by atoms with E-state index in [1.807, 2.05) is 17.9 Å². The summed E-state index contributed by atoms with van der Waals surface area (Å²) in [6, 6.07) is 9.14. The van der Waals surface area contributed by atoms with Gasteiger partial charge < -0.3 is 10.4 Å². The zero-order valence-corrected chi connectivity index (χ0v) is 13.2. The molecule has 1 aromatic heterocycles. The maximum atomic E-state index is 10.6. The average molecular weight is 341 g/mol. The highest BCUT2D eigenvalue weighted by atomic mass is 19.4. The van der Waals surface area contributed by atoms with Crippen molar-refractivity contribution in [1.82, 2.24) is 15.1 Å². The fraction of sp³-hybridized carbons (Fsp3) is 0.375. The molecule has 1 aliphatic rings. The number of aliphatic carboxylic acids is 1. The van der Waals surface area contributed by atoms with Gasteiger partial charge in [-0.2, -0.15) is 18.3 Å². The van der Waals surface area contributed by atoms with Crippen LogP contribution in [0.2, 0.25) is 0 Å². The molecule has 2 N–H and O–H groups in total. The quantitative estimate of drug-likeness (QED) is 0.837. The Labute approximate surface area is 137 Å². The summed E-state index contributed by atoms with van der Waals surface area (Å²) < 4.78 is 33.6. The van der Waals surface area contributed by atoms with Crippen LogP contribution in [0.4, 0.5) is 13.2 Å². The van der Waals surface area contributed by atoms with Gasteiger partial charge in [0.15, 0.2) is 0 Å². The molecule has 1 aliphatic heterocycles. The molecular weight excluding hydrogens is 323 g/mol. The fourth-order valence-corrected chi connectivity index (χ4v) is 2.65. The first kappa shape index (κ1) is 18.0. The van der Waals surface area contributed by atoms with E-state index >= 15 is 0 Å². The molecule has 24 heavy (non-hydrogen) atoms. The summed E-state index contributed by atoms with van der Waals surface area (Å²) >= 11 is 0. The van der Waals surface area contributed by atoms with Gasteiger partial charge in [0.25, 0.3) is 0 Å². The number of halogens is 3. The lowest BCUT2D eigenvalue weighted by Gasteiger charge is -2.30. The van der Waals surface area contributed by atoms with E-state index in [0.717, 1.165) is 6.54 Å². The third-order valence-electron chi connectivity index (χ3n) is 3.84. The van der Waals surface area contributed by atoms with Crippen LogP contribution in [0.5, 0.6) is 0 Å². The number of carbonyl (C=O) groups is 1. The van der Waals surface area contributed by atoms with E-state index in [1.165, 1.54) is 16.7 Å². The summed E-state index contributed by atoms with van der Waals surface area (Å²) in [5.41, 5.74) is 4.14. The Bertz CT molecular complexity index is 713. The number of nitrogens with one attached hydrogen (secondary N) is 1. The van der Waals surface area contributed by atoms with E-state index in [2.05, 4.69) is 47.8 Å². The topological polar surface area (TPSA) is 67.2 Å². The van der Waals surface area contributed by atoms with Gasteiger partial charge in [-0.3, -0.25) is 4.68 Å². The third kappa shape index (κ3) is 4.14. The Balaban J connectivity index is 0.000000256. The molecule has 2 atom stereocenters. The van der Waals surface area contributed by atoms with Crippen LogP contribution in [-0.4, -0.2) is 33.6 Å². The molecule has 3 rings (SSSR count). The zero-order valence-electron chi connectivity index (χ0n) is 13.2. The van der Waals surface area contributed by atoms with Crippen LogP contribution in [0, 0.1) is 0 Å². The van der Waals surface area contributed by atoms with Crippen molar-refractivity contribution in [2.75, 3.05) is 6.54 Å². The Morgan fingerprint density at radius 1 is 1.33 bits per heavy atom. The van der Waals surface area contributed by atoms with E-state index in [9.17, 15) is 13.2 Å². The average Bonchev–Trinajstić information content (AvgIpc) is 2.94. The van der Waals surface area contributed by atoms with Gasteiger partial charge in [-0.1, -0.05) is 24.3 Å². The molecule has 2 heterocycles. The van der Waals surface area contributed by atoms with Gasteiger partial charge in [0.05, 0.1) is 6.20 Å². The van der Waals surface area contributed by atoms with Crippen molar-refractivity contribution in [3.63, 3.8) is 0 Å². The van der Waals surface area contributed by atoms with Crippen molar-refractivity contribution in [2.24, 2.45) is 7.05 Å². The first-order valence-corrected chi connectivity index (χ1v) is 7.31. The van der Waals surface area contributed by atoms with E-state index in [-0.39, 0.29) is 0 Å². The highest BCUT2D eigenvalue weighted by molar-refractivity contribution is 5.73. The Hall–Kier alpha value is -2.35. The molecule has 130 valence electrons. The molecule has 0 amide bonds. The molecule has 2 aromatic rings. The van der Waals surface area contributed by atoms with Crippen LogP contribution in [0.15, 0.2) is 36.7 Å². The number of nitrogens with zero attached hydrogens (tertiary/aromatic N) is 2. The van der Waals surface area contributed by atoms with Gasteiger partial charge >= 0.3 is 12.1 Å². The number of hydrogen-bond donors (Lipinski definition) is 2. The summed E-state index contributed by atoms with van der Waals surface area (Å²) in [5.74, 6) is -2.33. The molecule has 0 radical (unpaired) electrons. The standard InChI is InChI=1S/C14H17N3.C2HF3O2/c1-10-12-5-3-4-6-13(12)14(8-15-10)11-7-16-17(2)9-11;3-2(4,5)1(6)7/h3-7,9-10,14-15H,8H2,1-2H3;(H,6,7). The van der Waals surface area contributed by atoms with Gasteiger partial charge in [-0.25, -0.2) is 4.79 Å². The van der Waals surface area contributed by atoms with Crippen LogP contribution in [0.1, 0.15) is 35.6 Å². The molecule has 0 bridgehead atoms. The number of alkyl halides is 3. The second kappa shape index (κ2) is 7.04. The van der Waals surface area contributed by atoms with E-state index in [4.69, 9.17) is 9.90 Å². The van der Waals surface area contributed by atoms with Crippen LogP contribution < -0.4 is 5.32 Å². The van der Waals surface area contributed by atoms with Gasteiger partial charge in [0.2, 0.25) is 0 Å². The predicted molar refractivity (Wildman–Crippen MR) is 81.6 cm³/mol. The number of aryl methyl sites for hydroxylation is 1. The van der Waals surface area contributed by atoms with Gasteiger partial charge in [0.1, 0.15) is 0 Å². The summed E-state index contributed by atoms with van der Waals surface area (Å²) in [5, 5.41) is 15.0. The van der Waals surface area contributed by atoms with Crippen molar-refractivity contribution in [3.05, 3.63) is 53.3 Å². The SMILES string of the molecule is CC1NCC(c2cnn(C)c2)c2ccccc21.O=C(O)C(F)(F)F. The van der Waals surface area contributed by atoms with Crippen LogP contribution in [-0.2, 0) is 11.8 Å². The minimum Gasteiger partial charge on any atom is -0.475 e. The molecule has 1 aromatic carbocycles. The number of carboxylic acid groups (broad SMARTS) is 1. The maximum Gasteiger partial charge on any atom is 0.490 e. The smallest absolute Gasteiger partial charge is 0.475 e. The minimum absolute atomic E-state index is 0.427. The van der Waals surface area contributed by atoms with Crippen molar-refractivity contribution >= 4 is 5.97 Å². The number of carboxylic acids is 1. The van der Waals surface area contributed by atoms with Crippen molar-refractivity contribution < 1.29 is 23.1 Å². The monoisotopic (exact) mass is 341 g/mol. The number of rotatable bonds is 1. The van der Waals surface area contributed by atoms with E-state index < -0.39 is 12.1 Å². The van der Waals surface area contributed by atoms with Crippen LogP contribution >= 0.6 is 0 Å². The third-order valence-corrected chi connectivity index (χ3v) is 3.84. The van der Waals surface area contributed by atoms with Crippen LogP contribution in [0.3, 0.4) is 0 Å². The van der Waals surface area contributed by atoms with E-state index in [1.54, 1.807) is 0 Å².